The molecule has 36 heavy (non-hydrogen) atoms. The number of hydrogen-bond acceptors (Lipinski definition) is 6. The monoisotopic (exact) mass is 488 g/mol. The highest BCUT2D eigenvalue weighted by Gasteiger charge is 2.46. The van der Waals surface area contributed by atoms with Crippen molar-refractivity contribution in [1.82, 2.24) is 10.3 Å². The number of aliphatic hydroxyl groups excluding tert-OH is 1. The molecule has 2 aromatic carbocycles. The maximum absolute atomic E-state index is 12.6. The van der Waals surface area contributed by atoms with Gasteiger partial charge in [-0.2, -0.15) is 0 Å². The summed E-state index contributed by atoms with van der Waals surface area (Å²) < 4.78 is 12.1. The summed E-state index contributed by atoms with van der Waals surface area (Å²) in [6.45, 7) is 0.199. The van der Waals surface area contributed by atoms with Gasteiger partial charge >= 0.3 is 6.03 Å². The van der Waals surface area contributed by atoms with Crippen molar-refractivity contribution < 1.29 is 24.2 Å². The van der Waals surface area contributed by atoms with Crippen LogP contribution in [0.2, 0.25) is 0 Å². The fourth-order valence-corrected chi connectivity index (χ4v) is 4.76. The quantitative estimate of drug-likeness (QED) is 0.404. The van der Waals surface area contributed by atoms with Crippen LogP contribution in [0, 0.1) is 0 Å². The van der Waals surface area contributed by atoms with E-state index >= 15 is 0 Å². The molecule has 1 aromatic heterocycles. The zero-order valence-corrected chi connectivity index (χ0v) is 19.6. The number of urea groups is 1. The molecule has 2 aliphatic rings. The number of para-hydroxylation sites is 1. The van der Waals surface area contributed by atoms with Gasteiger partial charge in [-0.15, -0.1) is 0 Å². The largest absolute Gasteiger partial charge is 0.487 e. The molecular weight excluding hydrogens is 460 g/mol. The van der Waals surface area contributed by atoms with E-state index in [9.17, 15) is 14.7 Å². The molecule has 186 valence electrons. The van der Waals surface area contributed by atoms with Gasteiger partial charge in [0.1, 0.15) is 18.0 Å². The second-order valence-electron chi connectivity index (χ2n) is 8.94. The van der Waals surface area contributed by atoms with E-state index in [2.05, 4.69) is 20.9 Å². The number of nitrogens with zero attached hydrogens (tertiary/aromatic N) is 1. The van der Waals surface area contributed by atoms with Gasteiger partial charge in [0, 0.05) is 41.8 Å². The van der Waals surface area contributed by atoms with E-state index in [1.54, 1.807) is 18.5 Å². The first-order chi connectivity index (χ1) is 17.6. The minimum Gasteiger partial charge on any atom is -0.487 e. The Morgan fingerprint density at radius 1 is 1.00 bits per heavy atom. The first-order valence-electron chi connectivity index (χ1n) is 11.9. The van der Waals surface area contributed by atoms with Crippen molar-refractivity contribution in [2.75, 3.05) is 17.2 Å². The fraction of sp³-hybridized carbons (Fsp3) is 0.296. The van der Waals surface area contributed by atoms with Crippen LogP contribution in [-0.2, 0) is 16.1 Å². The van der Waals surface area contributed by atoms with Crippen LogP contribution in [-0.4, -0.2) is 46.9 Å². The van der Waals surface area contributed by atoms with Gasteiger partial charge < -0.3 is 30.5 Å². The van der Waals surface area contributed by atoms with Crippen molar-refractivity contribution in [1.29, 1.82) is 0 Å². The number of pyridine rings is 1. The number of carbonyl (C=O) groups excluding carboxylic acids is 2. The summed E-state index contributed by atoms with van der Waals surface area (Å²) in [5, 5.41) is 18.5. The smallest absolute Gasteiger partial charge is 0.323 e. The van der Waals surface area contributed by atoms with Crippen molar-refractivity contribution in [3.63, 3.8) is 0 Å². The van der Waals surface area contributed by atoms with Gasteiger partial charge in [0.05, 0.1) is 19.1 Å². The number of hydrogen-bond donors (Lipinski definition) is 4. The van der Waals surface area contributed by atoms with Crippen molar-refractivity contribution in [3.05, 3.63) is 84.2 Å². The molecule has 5 rings (SSSR count). The number of fused-ring (bicyclic) bond motifs is 3. The van der Waals surface area contributed by atoms with Crippen LogP contribution >= 0.6 is 0 Å². The molecule has 0 unspecified atom stereocenters. The van der Waals surface area contributed by atoms with E-state index in [4.69, 9.17) is 9.47 Å². The van der Waals surface area contributed by atoms with Gasteiger partial charge in [0.25, 0.3) is 0 Å². The number of benzene rings is 2. The number of rotatable bonds is 7. The zero-order valence-electron chi connectivity index (χ0n) is 19.6. The summed E-state index contributed by atoms with van der Waals surface area (Å²) in [6.07, 6.45) is 2.84. The van der Waals surface area contributed by atoms with Crippen LogP contribution < -0.4 is 20.7 Å². The molecule has 2 aliphatic heterocycles. The minimum absolute atomic E-state index is 0.0668. The van der Waals surface area contributed by atoms with Gasteiger partial charge in [-0.3, -0.25) is 9.78 Å². The normalized spacial score (nSPS) is 22.0. The maximum atomic E-state index is 12.6. The number of anilines is 2. The molecular formula is C27H28N4O5. The highest BCUT2D eigenvalue weighted by atomic mass is 16.6. The van der Waals surface area contributed by atoms with Gasteiger partial charge in [-0.1, -0.05) is 18.2 Å². The SMILES string of the molecule is O=C(C[C@@H]1C[C@H]2c3cc(NC(=O)Nc4ccccc4)ccc3O[C@H]2[C@H](CO)O1)NCc1ccncc1. The lowest BCUT2D eigenvalue weighted by Crippen LogP contribution is -2.47. The summed E-state index contributed by atoms with van der Waals surface area (Å²) in [6, 6.07) is 18.0. The first kappa shape index (κ1) is 23.8. The highest BCUT2D eigenvalue weighted by molar-refractivity contribution is 5.99. The van der Waals surface area contributed by atoms with Crippen LogP contribution in [0.5, 0.6) is 5.75 Å². The van der Waals surface area contributed by atoms with Gasteiger partial charge in [-0.05, 0) is 54.4 Å². The van der Waals surface area contributed by atoms with Gasteiger partial charge in [-0.25, -0.2) is 4.79 Å². The number of amides is 3. The lowest BCUT2D eigenvalue weighted by atomic mass is 9.84. The molecule has 0 saturated carbocycles. The summed E-state index contributed by atoms with van der Waals surface area (Å²) in [7, 11) is 0. The van der Waals surface area contributed by atoms with E-state index in [0.29, 0.717) is 30.1 Å². The predicted octanol–water partition coefficient (Wildman–Crippen LogP) is 3.43. The average Bonchev–Trinajstić information content (AvgIpc) is 3.26. The Morgan fingerprint density at radius 3 is 2.56 bits per heavy atom. The number of carbonyl (C=O) groups is 2. The Hall–Kier alpha value is -3.95. The fourth-order valence-electron chi connectivity index (χ4n) is 4.76. The zero-order chi connectivity index (χ0) is 24.9. The molecule has 3 amide bonds. The van der Waals surface area contributed by atoms with Crippen LogP contribution in [0.3, 0.4) is 0 Å². The average molecular weight is 489 g/mol. The Balaban J connectivity index is 1.24. The minimum atomic E-state index is -0.549. The predicted molar refractivity (Wildman–Crippen MR) is 134 cm³/mol. The first-order valence-corrected chi connectivity index (χ1v) is 11.9. The highest BCUT2D eigenvalue weighted by Crippen LogP contribution is 2.47. The Bertz CT molecular complexity index is 1210. The van der Waals surface area contributed by atoms with Crippen molar-refractivity contribution in [3.8, 4) is 5.75 Å². The van der Waals surface area contributed by atoms with Crippen LogP contribution in [0.1, 0.15) is 29.9 Å². The molecule has 9 nitrogen and oxygen atoms in total. The molecule has 4 N–H and O–H groups in total. The second-order valence-corrected chi connectivity index (χ2v) is 8.94. The molecule has 4 atom stereocenters. The van der Waals surface area contributed by atoms with Crippen molar-refractivity contribution in [2.24, 2.45) is 0 Å². The molecule has 0 aliphatic carbocycles. The topological polar surface area (TPSA) is 122 Å². The molecule has 1 fully saturated rings. The van der Waals surface area contributed by atoms with Crippen molar-refractivity contribution >= 4 is 23.3 Å². The lowest BCUT2D eigenvalue weighted by Gasteiger charge is -2.37. The third kappa shape index (κ3) is 5.48. The summed E-state index contributed by atoms with van der Waals surface area (Å²) >= 11 is 0. The third-order valence-corrected chi connectivity index (χ3v) is 6.44. The van der Waals surface area contributed by atoms with Crippen LogP contribution in [0.15, 0.2) is 73.1 Å². The molecule has 0 radical (unpaired) electrons. The molecule has 0 spiro atoms. The summed E-state index contributed by atoms with van der Waals surface area (Å²) in [5.41, 5.74) is 3.22. The second kappa shape index (κ2) is 10.8. The maximum Gasteiger partial charge on any atom is 0.323 e. The molecule has 3 heterocycles. The Morgan fingerprint density at radius 2 is 1.78 bits per heavy atom. The Kier molecular flexibility index (Phi) is 7.11. The van der Waals surface area contributed by atoms with Crippen molar-refractivity contribution in [2.45, 2.75) is 43.6 Å². The van der Waals surface area contributed by atoms with E-state index in [1.807, 2.05) is 54.6 Å². The molecule has 9 heteroatoms. The van der Waals surface area contributed by atoms with Gasteiger partial charge in [0.15, 0.2) is 0 Å². The van der Waals surface area contributed by atoms with E-state index in [0.717, 1.165) is 11.1 Å². The molecule has 0 bridgehead atoms. The van der Waals surface area contributed by atoms with E-state index in [-0.39, 0.29) is 43.1 Å². The number of ether oxygens (including phenoxy) is 2. The number of aromatic nitrogens is 1. The summed E-state index contributed by atoms with van der Waals surface area (Å²) in [4.78, 5) is 29.0. The van der Waals surface area contributed by atoms with Gasteiger partial charge in [0.2, 0.25) is 5.91 Å². The summed E-state index contributed by atoms with van der Waals surface area (Å²) in [5.74, 6) is 0.505. The third-order valence-electron chi connectivity index (χ3n) is 6.44. The van der Waals surface area contributed by atoms with E-state index < -0.39 is 6.10 Å². The van der Waals surface area contributed by atoms with E-state index in [1.165, 1.54) is 0 Å². The number of nitrogens with one attached hydrogen (secondary N) is 3. The van der Waals surface area contributed by atoms with Crippen LogP contribution in [0.4, 0.5) is 16.2 Å². The van der Waals surface area contributed by atoms with Crippen LogP contribution in [0.25, 0.3) is 0 Å². The standard InChI is InChI=1S/C27H28N4O5/c32-16-24-26-22(13-20(35-24)14-25(33)29-15-17-8-10-28-11-9-17)21-12-19(6-7-23(21)36-26)31-27(34)30-18-4-2-1-3-5-18/h1-12,20,22,24,26,32H,13-16H2,(H,29,33)(H2,30,31,34)/t20-,22-,24-,26+/m0/s1. The molecule has 3 aromatic rings. The lowest BCUT2D eigenvalue weighted by molar-refractivity contribution is -0.142. The Labute approximate surface area is 208 Å². The molecule has 1 saturated heterocycles. The number of aliphatic hydroxyl groups is 1.